The summed E-state index contributed by atoms with van der Waals surface area (Å²) >= 11 is 4.36. The minimum Gasteiger partial charge on any atom is -0.493 e. The third-order valence-corrected chi connectivity index (χ3v) is 6.72. The van der Waals surface area contributed by atoms with Crippen molar-refractivity contribution in [2.24, 2.45) is 0 Å². The monoisotopic (exact) mass is 444 g/mol. The van der Waals surface area contributed by atoms with Crippen LogP contribution >= 0.6 is 34.4 Å². The normalized spacial score (nSPS) is 10.9. The molecule has 0 aliphatic rings. The SMILES string of the molecule is COc1ccccc1OC(=O)CSCc1nc2scc(-c3cccs3)c2c(=O)[nH]1. The highest BCUT2D eigenvalue weighted by Crippen LogP contribution is 2.33. The standard InChI is InChI=1S/C20H16N2O4S3/c1-25-13-5-2-3-6-14(13)26-17(23)11-27-10-16-21-19(24)18-12(9-29-20(18)22-16)15-7-4-8-28-15/h2-9H,10-11H2,1H3,(H,21,22,24). The van der Waals surface area contributed by atoms with Gasteiger partial charge in [-0.25, -0.2) is 4.98 Å². The summed E-state index contributed by atoms with van der Waals surface area (Å²) in [6.45, 7) is 0. The van der Waals surface area contributed by atoms with Gasteiger partial charge in [-0.15, -0.1) is 34.4 Å². The number of hydrogen-bond acceptors (Lipinski definition) is 8. The number of aromatic nitrogens is 2. The number of esters is 1. The fourth-order valence-electron chi connectivity index (χ4n) is 2.76. The summed E-state index contributed by atoms with van der Waals surface area (Å²) in [6.07, 6.45) is 0. The molecule has 0 saturated heterocycles. The van der Waals surface area contributed by atoms with E-state index in [1.165, 1.54) is 30.2 Å². The Balaban J connectivity index is 1.41. The molecule has 0 atom stereocenters. The van der Waals surface area contributed by atoms with Crippen LogP contribution in [0.2, 0.25) is 0 Å². The molecule has 0 spiro atoms. The van der Waals surface area contributed by atoms with Gasteiger partial charge in [0.2, 0.25) is 0 Å². The Morgan fingerprint density at radius 2 is 2.00 bits per heavy atom. The molecule has 0 saturated carbocycles. The van der Waals surface area contributed by atoms with Gasteiger partial charge in [0.25, 0.3) is 5.56 Å². The van der Waals surface area contributed by atoms with Crippen LogP contribution in [0, 0.1) is 0 Å². The van der Waals surface area contributed by atoms with Crippen LogP contribution < -0.4 is 15.0 Å². The van der Waals surface area contributed by atoms with Crippen molar-refractivity contribution in [1.29, 1.82) is 0 Å². The first-order chi connectivity index (χ1) is 14.2. The molecule has 29 heavy (non-hydrogen) atoms. The van der Waals surface area contributed by atoms with E-state index < -0.39 is 0 Å². The number of nitrogens with zero attached hydrogens (tertiary/aromatic N) is 1. The molecule has 1 N–H and O–H groups in total. The molecule has 0 aliphatic carbocycles. The average Bonchev–Trinajstić information content (AvgIpc) is 3.38. The van der Waals surface area contributed by atoms with Crippen molar-refractivity contribution in [3.63, 3.8) is 0 Å². The van der Waals surface area contributed by atoms with E-state index in [1.54, 1.807) is 35.6 Å². The highest BCUT2D eigenvalue weighted by molar-refractivity contribution is 7.99. The van der Waals surface area contributed by atoms with Crippen LogP contribution in [0.3, 0.4) is 0 Å². The van der Waals surface area contributed by atoms with E-state index in [2.05, 4.69) is 9.97 Å². The van der Waals surface area contributed by atoms with Gasteiger partial charge in [0.05, 0.1) is 24.0 Å². The number of nitrogens with one attached hydrogen (secondary N) is 1. The van der Waals surface area contributed by atoms with Crippen LogP contribution in [0.5, 0.6) is 11.5 Å². The number of carbonyl (C=O) groups is 1. The van der Waals surface area contributed by atoms with Gasteiger partial charge in [0, 0.05) is 15.8 Å². The highest BCUT2D eigenvalue weighted by Gasteiger charge is 2.14. The number of hydrogen-bond donors (Lipinski definition) is 1. The van der Waals surface area contributed by atoms with Gasteiger partial charge in [0.1, 0.15) is 10.7 Å². The predicted molar refractivity (Wildman–Crippen MR) is 118 cm³/mol. The van der Waals surface area contributed by atoms with Crippen molar-refractivity contribution in [2.45, 2.75) is 5.75 Å². The zero-order valence-corrected chi connectivity index (χ0v) is 17.8. The van der Waals surface area contributed by atoms with Crippen LogP contribution in [0.15, 0.2) is 52.0 Å². The molecular formula is C20H16N2O4S3. The quantitative estimate of drug-likeness (QED) is 0.332. The number of thiophene rings is 2. The maximum absolute atomic E-state index is 12.6. The fourth-order valence-corrected chi connectivity index (χ4v) is 5.20. The van der Waals surface area contributed by atoms with E-state index >= 15 is 0 Å². The van der Waals surface area contributed by atoms with E-state index in [0.29, 0.717) is 33.3 Å². The van der Waals surface area contributed by atoms with Crippen LogP contribution in [-0.4, -0.2) is 28.8 Å². The molecule has 3 heterocycles. The van der Waals surface area contributed by atoms with E-state index in [4.69, 9.17) is 9.47 Å². The van der Waals surface area contributed by atoms with Gasteiger partial charge in [-0.1, -0.05) is 18.2 Å². The lowest BCUT2D eigenvalue weighted by Crippen LogP contribution is -2.13. The largest absolute Gasteiger partial charge is 0.493 e. The fraction of sp³-hybridized carbons (Fsp3) is 0.150. The second kappa shape index (κ2) is 8.81. The number of rotatable bonds is 7. The lowest BCUT2D eigenvalue weighted by atomic mass is 10.2. The molecule has 9 heteroatoms. The minimum absolute atomic E-state index is 0.130. The summed E-state index contributed by atoms with van der Waals surface area (Å²) in [4.78, 5) is 33.8. The van der Waals surface area contributed by atoms with Crippen LogP contribution in [0.4, 0.5) is 0 Å². The Morgan fingerprint density at radius 3 is 2.76 bits per heavy atom. The van der Waals surface area contributed by atoms with E-state index in [9.17, 15) is 9.59 Å². The van der Waals surface area contributed by atoms with Gasteiger partial charge in [0.15, 0.2) is 11.5 Å². The second-order valence-corrected chi connectivity index (χ2v) is 8.73. The molecule has 0 aliphatic heterocycles. The number of H-pyrrole nitrogens is 1. The molecule has 0 unspecified atom stereocenters. The van der Waals surface area contributed by atoms with Gasteiger partial charge < -0.3 is 14.5 Å². The molecular weight excluding hydrogens is 428 g/mol. The van der Waals surface area contributed by atoms with Crippen LogP contribution in [0.1, 0.15) is 5.82 Å². The van der Waals surface area contributed by atoms with Crippen molar-refractivity contribution in [3.8, 4) is 21.9 Å². The van der Waals surface area contributed by atoms with E-state index in [1.807, 2.05) is 22.9 Å². The summed E-state index contributed by atoms with van der Waals surface area (Å²) in [5.74, 6) is 1.56. The number of aromatic amines is 1. The summed E-state index contributed by atoms with van der Waals surface area (Å²) in [6, 6.07) is 10.9. The second-order valence-electron chi connectivity index (χ2n) is 5.94. The predicted octanol–water partition coefficient (Wildman–Crippen LogP) is 4.56. The third-order valence-electron chi connectivity index (χ3n) is 4.03. The first-order valence-corrected chi connectivity index (χ1v) is 11.5. The number of fused-ring (bicyclic) bond motifs is 1. The summed E-state index contributed by atoms with van der Waals surface area (Å²) in [7, 11) is 1.52. The number of ether oxygens (including phenoxy) is 2. The molecule has 1 aromatic carbocycles. The molecule has 0 radical (unpaired) electrons. The number of thioether (sulfide) groups is 1. The topological polar surface area (TPSA) is 81.3 Å². The lowest BCUT2D eigenvalue weighted by molar-refractivity contribution is -0.131. The van der Waals surface area contributed by atoms with E-state index in [0.717, 1.165) is 10.4 Å². The number of para-hydroxylation sites is 2. The lowest BCUT2D eigenvalue weighted by Gasteiger charge is -2.08. The first kappa shape index (κ1) is 19.7. The Morgan fingerprint density at radius 1 is 1.17 bits per heavy atom. The highest BCUT2D eigenvalue weighted by atomic mass is 32.2. The zero-order valence-electron chi connectivity index (χ0n) is 15.3. The van der Waals surface area contributed by atoms with Gasteiger partial charge >= 0.3 is 5.97 Å². The van der Waals surface area contributed by atoms with Crippen molar-refractivity contribution in [3.05, 3.63) is 63.3 Å². The zero-order chi connectivity index (χ0) is 20.2. The van der Waals surface area contributed by atoms with Gasteiger partial charge in [-0.3, -0.25) is 9.59 Å². The molecule has 148 valence electrons. The molecule has 4 aromatic rings. The molecule has 4 rings (SSSR count). The Bertz CT molecular complexity index is 1200. The van der Waals surface area contributed by atoms with Crippen molar-refractivity contribution in [1.82, 2.24) is 9.97 Å². The van der Waals surface area contributed by atoms with Crippen molar-refractivity contribution in [2.75, 3.05) is 12.9 Å². The maximum Gasteiger partial charge on any atom is 0.321 e. The number of carbonyl (C=O) groups excluding carboxylic acids is 1. The van der Waals surface area contributed by atoms with Gasteiger partial charge in [-0.05, 0) is 23.6 Å². The average molecular weight is 445 g/mol. The molecule has 0 fully saturated rings. The number of benzene rings is 1. The summed E-state index contributed by atoms with van der Waals surface area (Å²) in [5.41, 5.74) is 0.750. The minimum atomic E-state index is -0.390. The Labute approximate surface area is 178 Å². The maximum atomic E-state index is 12.6. The molecule has 3 aromatic heterocycles. The number of methoxy groups -OCH3 is 1. The van der Waals surface area contributed by atoms with E-state index in [-0.39, 0.29) is 17.3 Å². The van der Waals surface area contributed by atoms with Crippen molar-refractivity contribution >= 4 is 50.6 Å². The third kappa shape index (κ3) is 4.36. The molecule has 0 amide bonds. The summed E-state index contributed by atoms with van der Waals surface area (Å²) < 4.78 is 10.5. The smallest absolute Gasteiger partial charge is 0.321 e. The summed E-state index contributed by atoms with van der Waals surface area (Å²) in [5, 5.41) is 4.55. The Kier molecular flexibility index (Phi) is 5.98. The van der Waals surface area contributed by atoms with Crippen LogP contribution in [-0.2, 0) is 10.5 Å². The first-order valence-electron chi connectivity index (χ1n) is 8.61. The van der Waals surface area contributed by atoms with Crippen LogP contribution in [0.25, 0.3) is 20.7 Å². The molecule has 0 bridgehead atoms. The molecule has 6 nitrogen and oxygen atoms in total. The van der Waals surface area contributed by atoms with Gasteiger partial charge in [-0.2, -0.15) is 0 Å². The Hall–Kier alpha value is -2.62. The van der Waals surface area contributed by atoms with Crippen molar-refractivity contribution < 1.29 is 14.3 Å².